The van der Waals surface area contributed by atoms with Gasteiger partial charge in [0.1, 0.15) is 5.82 Å². The van der Waals surface area contributed by atoms with Gasteiger partial charge in [-0.15, -0.1) is 0 Å². The SMILES string of the molecule is CCC(C)Nc1ccc(N2CCCC2)c(F)c1. The van der Waals surface area contributed by atoms with Crippen molar-refractivity contribution in [2.45, 2.75) is 39.2 Å². The molecule has 2 rings (SSSR count). The largest absolute Gasteiger partial charge is 0.383 e. The van der Waals surface area contributed by atoms with Crippen LogP contribution in [0.25, 0.3) is 0 Å². The summed E-state index contributed by atoms with van der Waals surface area (Å²) in [5.74, 6) is -0.111. The molecular formula is C14H21FN2. The summed E-state index contributed by atoms with van der Waals surface area (Å²) < 4.78 is 14.0. The zero-order valence-corrected chi connectivity index (χ0v) is 10.7. The maximum atomic E-state index is 14.0. The molecule has 1 N–H and O–H groups in total. The lowest BCUT2D eigenvalue weighted by atomic mass is 10.2. The summed E-state index contributed by atoms with van der Waals surface area (Å²) in [5, 5.41) is 3.29. The Hall–Kier alpha value is -1.25. The van der Waals surface area contributed by atoms with Gasteiger partial charge < -0.3 is 10.2 Å². The van der Waals surface area contributed by atoms with Gasteiger partial charge in [-0.25, -0.2) is 4.39 Å². The van der Waals surface area contributed by atoms with E-state index in [1.165, 1.54) is 12.8 Å². The summed E-state index contributed by atoms with van der Waals surface area (Å²) in [4.78, 5) is 2.13. The van der Waals surface area contributed by atoms with E-state index in [0.717, 1.165) is 30.9 Å². The molecule has 0 spiro atoms. The predicted octanol–water partition coefficient (Wildman–Crippen LogP) is 3.64. The Morgan fingerprint density at radius 3 is 2.65 bits per heavy atom. The Kier molecular flexibility index (Phi) is 3.87. The first-order valence-electron chi connectivity index (χ1n) is 6.51. The van der Waals surface area contributed by atoms with Crippen LogP contribution in [0.1, 0.15) is 33.1 Å². The van der Waals surface area contributed by atoms with E-state index in [9.17, 15) is 4.39 Å². The van der Waals surface area contributed by atoms with Crippen molar-refractivity contribution in [2.75, 3.05) is 23.3 Å². The molecule has 1 aromatic rings. The van der Waals surface area contributed by atoms with Gasteiger partial charge in [0.2, 0.25) is 0 Å². The van der Waals surface area contributed by atoms with E-state index in [1.54, 1.807) is 6.07 Å². The number of anilines is 2. The smallest absolute Gasteiger partial charge is 0.148 e. The first-order chi connectivity index (χ1) is 8.20. The number of hydrogen-bond acceptors (Lipinski definition) is 2. The Labute approximate surface area is 103 Å². The van der Waals surface area contributed by atoms with Crippen LogP contribution in [0.4, 0.5) is 15.8 Å². The molecule has 1 saturated heterocycles. The van der Waals surface area contributed by atoms with E-state index in [-0.39, 0.29) is 5.82 Å². The maximum Gasteiger partial charge on any atom is 0.148 e. The van der Waals surface area contributed by atoms with Crippen LogP contribution in [-0.2, 0) is 0 Å². The first kappa shape index (κ1) is 12.2. The Bertz CT molecular complexity index is 372. The summed E-state index contributed by atoms with van der Waals surface area (Å²) in [5.41, 5.74) is 1.62. The van der Waals surface area contributed by atoms with Crippen molar-refractivity contribution in [2.24, 2.45) is 0 Å². The highest BCUT2D eigenvalue weighted by atomic mass is 19.1. The van der Waals surface area contributed by atoms with Crippen molar-refractivity contribution in [3.8, 4) is 0 Å². The lowest BCUT2D eigenvalue weighted by Crippen LogP contribution is -2.19. The van der Waals surface area contributed by atoms with E-state index >= 15 is 0 Å². The van der Waals surface area contributed by atoms with Gasteiger partial charge in [0.15, 0.2) is 0 Å². The van der Waals surface area contributed by atoms with Crippen LogP contribution in [0.2, 0.25) is 0 Å². The van der Waals surface area contributed by atoms with E-state index < -0.39 is 0 Å². The predicted molar refractivity (Wildman–Crippen MR) is 71.2 cm³/mol. The van der Waals surface area contributed by atoms with Crippen LogP contribution in [0.5, 0.6) is 0 Å². The number of nitrogens with zero attached hydrogens (tertiary/aromatic N) is 1. The fraction of sp³-hybridized carbons (Fsp3) is 0.571. The molecule has 17 heavy (non-hydrogen) atoms. The fourth-order valence-electron chi connectivity index (χ4n) is 2.20. The average molecular weight is 236 g/mol. The minimum atomic E-state index is -0.111. The third-order valence-electron chi connectivity index (χ3n) is 3.42. The van der Waals surface area contributed by atoms with Crippen LogP contribution in [-0.4, -0.2) is 19.1 Å². The highest BCUT2D eigenvalue weighted by molar-refractivity contribution is 5.57. The van der Waals surface area contributed by atoms with Crippen LogP contribution < -0.4 is 10.2 Å². The molecule has 0 aliphatic carbocycles. The van der Waals surface area contributed by atoms with Crippen LogP contribution >= 0.6 is 0 Å². The summed E-state index contributed by atoms with van der Waals surface area (Å²) >= 11 is 0. The van der Waals surface area contributed by atoms with Gasteiger partial charge in [0, 0.05) is 24.8 Å². The molecule has 0 bridgehead atoms. The van der Waals surface area contributed by atoms with E-state index in [2.05, 4.69) is 24.1 Å². The second kappa shape index (κ2) is 5.39. The molecule has 3 heteroatoms. The first-order valence-corrected chi connectivity index (χ1v) is 6.51. The van der Waals surface area contributed by atoms with Gasteiger partial charge in [0.25, 0.3) is 0 Å². The zero-order chi connectivity index (χ0) is 12.3. The van der Waals surface area contributed by atoms with Gasteiger partial charge in [-0.05, 0) is 44.4 Å². The van der Waals surface area contributed by atoms with Gasteiger partial charge in [-0.1, -0.05) is 6.92 Å². The van der Waals surface area contributed by atoms with Crippen LogP contribution in [0.3, 0.4) is 0 Å². The third kappa shape index (κ3) is 2.90. The normalized spacial score (nSPS) is 17.2. The molecule has 1 aliphatic heterocycles. The lowest BCUT2D eigenvalue weighted by Gasteiger charge is -2.20. The van der Waals surface area contributed by atoms with Crippen molar-refractivity contribution >= 4 is 11.4 Å². The molecule has 0 amide bonds. The Morgan fingerprint density at radius 1 is 1.35 bits per heavy atom. The molecule has 1 atom stereocenters. The second-order valence-electron chi connectivity index (χ2n) is 4.81. The van der Waals surface area contributed by atoms with E-state index in [4.69, 9.17) is 0 Å². The molecular weight excluding hydrogens is 215 g/mol. The monoisotopic (exact) mass is 236 g/mol. The molecule has 0 saturated carbocycles. The molecule has 1 aliphatic rings. The van der Waals surface area contributed by atoms with Gasteiger partial charge >= 0.3 is 0 Å². The molecule has 1 unspecified atom stereocenters. The highest BCUT2D eigenvalue weighted by Gasteiger charge is 2.16. The molecule has 1 fully saturated rings. The second-order valence-corrected chi connectivity index (χ2v) is 4.81. The van der Waals surface area contributed by atoms with Gasteiger partial charge in [-0.3, -0.25) is 0 Å². The van der Waals surface area contributed by atoms with Gasteiger partial charge in [-0.2, -0.15) is 0 Å². The minimum Gasteiger partial charge on any atom is -0.383 e. The summed E-state index contributed by atoms with van der Waals surface area (Å²) in [6.45, 7) is 6.18. The highest BCUT2D eigenvalue weighted by Crippen LogP contribution is 2.26. The number of nitrogens with one attached hydrogen (secondary N) is 1. The van der Waals surface area contributed by atoms with Crippen LogP contribution in [0.15, 0.2) is 18.2 Å². The summed E-state index contributed by atoms with van der Waals surface area (Å²) in [6.07, 6.45) is 3.38. The molecule has 0 radical (unpaired) electrons. The van der Waals surface area contributed by atoms with Crippen molar-refractivity contribution < 1.29 is 4.39 Å². The van der Waals surface area contributed by atoms with Crippen LogP contribution in [0, 0.1) is 5.82 Å². The van der Waals surface area contributed by atoms with Crippen molar-refractivity contribution in [3.05, 3.63) is 24.0 Å². The minimum absolute atomic E-state index is 0.111. The quantitative estimate of drug-likeness (QED) is 0.858. The van der Waals surface area contributed by atoms with Crippen molar-refractivity contribution in [3.63, 3.8) is 0 Å². The lowest BCUT2D eigenvalue weighted by molar-refractivity contribution is 0.623. The number of rotatable bonds is 4. The summed E-state index contributed by atoms with van der Waals surface area (Å²) in [7, 11) is 0. The average Bonchev–Trinajstić information content (AvgIpc) is 2.82. The molecule has 94 valence electrons. The van der Waals surface area contributed by atoms with Crippen molar-refractivity contribution in [1.29, 1.82) is 0 Å². The standard InChI is InChI=1S/C14H21FN2/c1-3-11(2)16-12-6-7-14(13(15)10-12)17-8-4-5-9-17/h6-7,10-11,16H,3-5,8-9H2,1-2H3. The van der Waals surface area contributed by atoms with E-state index in [1.807, 2.05) is 12.1 Å². The van der Waals surface area contributed by atoms with Crippen molar-refractivity contribution in [1.82, 2.24) is 0 Å². The maximum absolute atomic E-state index is 14.0. The fourth-order valence-corrected chi connectivity index (χ4v) is 2.20. The third-order valence-corrected chi connectivity index (χ3v) is 3.42. The molecule has 1 aromatic carbocycles. The van der Waals surface area contributed by atoms with E-state index in [0.29, 0.717) is 6.04 Å². The number of benzene rings is 1. The molecule has 0 aromatic heterocycles. The summed E-state index contributed by atoms with van der Waals surface area (Å²) in [6, 6.07) is 5.86. The zero-order valence-electron chi connectivity index (χ0n) is 10.7. The van der Waals surface area contributed by atoms with Gasteiger partial charge in [0.05, 0.1) is 5.69 Å². The topological polar surface area (TPSA) is 15.3 Å². The number of hydrogen-bond donors (Lipinski definition) is 1. The Morgan fingerprint density at radius 2 is 2.06 bits per heavy atom. The number of halogens is 1. The molecule has 1 heterocycles. The Balaban J connectivity index is 2.10. The molecule has 2 nitrogen and oxygen atoms in total.